The quantitative estimate of drug-likeness (QED) is 0.404. The highest BCUT2D eigenvalue weighted by atomic mass is 35.5. The molecule has 0 saturated heterocycles. The molecule has 32 heavy (non-hydrogen) atoms. The minimum absolute atomic E-state index is 0. The van der Waals surface area contributed by atoms with Crippen LogP contribution in [0.2, 0.25) is 0 Å². The van der Waals surface area contributed by atoms with Crippen LogP contribution in [0.3, 0.4) is 0 Å². The number of aromatic nitrogens is 3. The predicted molar refractivity (Wildman–Crippen MR) is 122 cm³/mol. The van der Waals surface area contributed by atoms with E-state index in [1.54, 1.807) is 19.4 Å². The summed E-state index contributed by atoms with van der Waals surface area (Å²) in [6.45, 7) is 4.65. The van der Waals surface area contributed by atoms with Gasteiger partial charge in [0.2, 0.25) is 0 Å². The average Bonchev–Trinajstić information content (AvgIpc) is 3.04. The Bertz CT molecular complexity index is 1230. The zero-order valence-corrected chi connectivity index (χ0v) is 18.5. The fraction of sp³-hybridized carbons (Fsp3) is 0.318. The topological polar surface area (TPSA) is 129 Å². The molecule has 170 valence electrons. The van der Waals surface area contributed by atoms with E-state index >= 15 is 0 Å². The highest BCUT2D eigenvalue weighted by molar-refractivity contribution is 5.85. The molecule has 1 aromatic carbocycles. The maximum absolute atomic E-state index is 11.8. The Balaban J connectivity index is 0.00000289. The van der Waals surface area contributed by atoms with Gasteiger partial charge in [-0.3, -0.25) is 14.9 Å². The molecule has 10 heteroatoms. The molecule has 3 heterocycles. The monoisotopic (exact) mass is 460 g/mol. The van der Waals surface area contributed by atoms with E-state index in [9.17, 15) is 19.8 Å². The minimum Gasteiger partial charge on any atom is -0.497 e. The summed E-state index contributed by atoms with van der Waals surface area (Å²) in [6.07, 6.45) is 2.36. The number of hydrogen-bond donors (Lipinski definition) is 4. The number of benzene rings is 1. The number of aromatic amines is 1. The predicted octanol–water partition coefficient (Wildman–Crippen LogP) is 1.96. The van der Waals surface area contributed by atoms with E-state index in [2.05, 4.69) is 14.9 Å². The van der Waals surface area contributed by atoms with E-state index < -0.39 is 18.1 Å². The van der Waals surface area contributed by atoms with Gasteiger partial charge < -0.3 is 24.5 Å². The van der Waals surface area contributed by atoms with Gasteiger partial charge in [0.05, 0.1) is 29.9 Å². The molecule has 0 fully saturated rings. The van der Waals surface area contributed by atoms with Crippen molar-refractivity contribution in [2.75, 3.05) is 6.61 Å². The molecular formula is C22H25ClN4O5. The fourth-order valence-corrected chi connectivity index (χ4v) is 3.57. The summed E-state index contributed by atoms with van der Waals surface area (Å²) >= 11 is 0. The van der Waals surface area contributed by atoms with E-state index in [1.807, 2.05) is 24.3 Å². The molecule has 0 amide bonds. The molecule has 4 rings (SSSR count). The molecule has 4 N–H and O–H groups in total. The SMILES string of the molecule is Cc1cc(-c2nc3cc(CN[C@H](C(=O)O)[C@@H](C)O)ccc3n2CC2=COC2)c[nH]c1=O.Cl. The second-order valence-electron chi connectivity index (χ2n) is 7.77. The van der Waals surface area contributed by atoms with Crippen molar-refractivity contribution in [3.8, 4) is 11.4 Å². The molecule has 0 unspecified atom stereocenters. The number of aliphatic hydroxyl groups is 1. The lowest BCUT2D eigenvalue weighted by molar-refractivity contribution is -0.142. The smallest absolute Gasteiger partial charge is 0.323 e. The van der Waals surface area contributed by atoms with Crippen LogP contribution in [0.15, 0.2) is 47.1 Å². The number of imidazole rings is 1. The second-order valence-corrected chi connectivity index (χ2v) is 7.77. The third kappa shape index (κ3) is 4.69. The summed E-state index contributed by atoms with van der Waals surface area (Å²) < 4.78 is 7.24. The number of aliphatic hydroxyl groups excluding tert-OH is 1. The normalized spacial score (nSPS) is 14.7. The number of hydrogen-bond acceptors (Lipinski definition) is 6. The first-order valence-electron chi connectivity index (χ1n) is 9.96. The number of carbonyl (C=O) groups is 1. The largest absolute Gasteiger partial charge is 0.497 e. The highest BCUT2D eigenvalue weighted by Gasteiger charge is 2.22. The molecule has 0 bridgehead atoms. The molecule has 0 radical (unpaired) electrons. The Morgan fingerprint density at radius 2 is 2.12 bits per heavy atom. The highest BCUT2D eigenvalue weighted by Crippen LogP contribution is 2.27. The van der Waals surface area contributed by atoms with Crippen molar-refractivity contribution in [3.63, 3.8) is 0 Å². The Morgan fingerprint density at radius 3 is 2.72 bits per heavy atom. The van der Waals surface area contributed by atoms with Crippen molar-refractivity contribution in [1.29, 1.82) is 0 Å². The number of H-pyrrole nitrogens is 1. The molecule has 1 aliphatic rings. The second kappa shape index (κ2) is 9.56. The maximum atomic E-state index is 11.8. The van der Waals surface area contributed by atoms with Gasteiger partial charge in [0.15, 0.2) is 0 Å². The average molecular weight is 461 g/mol. The first-order valence-corrected chi connectivity index (χ1v) is 9.96. The number of rotatable bonds is 8. The Kier molecular flexibility index (Phi) is 7.02. The molecule has 2 aromatic heterocycles. The van der Waals surface area contributed by atoms with Gasteiger partial charge in [-0.1, -0.05) is 6.07 Å². The van der Waals surface area contributed by atoms with Crippen LogP contribution in [0, 0.1) is 6.92 Å². The van der Waals surface area contributed by atoms with Gasteiger partial charge in [-0.05, 0) is 37.6 Å². The van der Waals surface area contributed by atoms with Crippen molar-refractivity contribution in [1.82, 2.24) is 19.9 Å². The van der Waals surface area contributed by atoms with Gasteiger partial charge in [0.25, 0.3) is 5.56 Å². The molecule has 3 aromatic rings. The van der Waals surface area contributed by atoms with Gasteiger partial charge in [0.1, 0.15) is 18.5 Å². The number of nitrogens with one attached hydrogen (secondary N) is 2. The van der Waals surface area contributed by atoms with Crippen LogP contribution in [0.1, 0.15) is 18.1 Å². The Morgan fingerprint density at radius 1 is 1.38 bits per heavy atom. The van der Waals surface area contributed by atoms with E-state index in [4.69, 9.17) is 9.72 Å². The lowest BCUT2D eigenvalue weighted by atomic mass is 10.1. The maximum Gasteiger partial charge on any atom is 0.323 e. The summed E-state index contributed by atoms with van der Waals surface area (Å²) in [4.78, 5) is 30.6. The standard InChI is InChI=1S/C22H24N4O5.ClH/c1-12-5-16(8-24-21(12)28)20-25-17-6-14(7-23-19(13(2)27)22(29)30)3-4-18(17)26(20)9-15-10-31-11-15;/h3-6,8,10,13,19,23,27H,7,9,11H2,1-2H3,(H,24,28)(H,29,30);1H/t13-,19+;/m1./s1. The van der Waals surface area contributed by atoms with Gasteiger partial charge in [-0.2, -0.15) is 0 Å². The first kappa shape index (κ1) is 23.5. The zero-order chi connectivity index (χ0) is 22.1. The lowest BCUT2D eigenvalue weighted by Crippen LogP contribution is -2.44. The van der Waals surface area contributed by atoms with Crippen LogP contribution in [0.5, 0.6) is 0 Å². The minimum atomic E-state index is -1.10. The number of carboxylic acid groups (broad SMARTS) is 1. The number of ether oxygens (including phenoxy) is 1. The van der Waals surface area contributed by atoms with Crippen molar-refractivity contribution in [2.24, 2.45) is 0 Å². The number of fused-ring (bicyclic) bond motifs is 1. The summed E-state index contributed by atoms with van der Waals surface area (Å²) in [5.74, 6) is -0.383. The van der Waals surface area contributed by atoms with Crippen LogP contribution in [-0.2, 0) is 22.6 Å². The fourth-order valence-electron chi connectivity index (χ4n) is 3.57. The van der Waals surface area contributed by atoms with Crippen LogP contribution < -0.4 is 10.9 Å². The molecule has 9 nitrogen and oxygen atoms in total. The third-order valence-electron chi connectivity index (χ3n) is 5.31. The number of aliphatic carboxylic acids is 1. The summed E-state index contributed by atoms with van der Waals surface area (Å²) in [5, 5.41) is 21.8. The van der Waals surface area contributed by atoms with Crippen LogP contribution in [0.4, 0.5) is 0 Å². The summed E-state index contributed by atoms with van der Waals surface area (Å²) in [5.41, 5.74) is 4.91. The van der Waals surface area contributed by atoms with Crippen molar-refractivity contribution >= 4 is 29.4 Å². The van der Waals surface area contributed by atoms with E-state index in [-0.39, 0.29) is 24.5 Å². The molecule has 0 spiro atoms. The van der Waals surface area contributed by atoms with Crippen LogP contribution in [0.25, 0.3) is 22.4 Å². The Labute approximate surface area is 190 Å². The summed E-state index contributed by atoms with van der Waals surface area (Å²) in [6, 6.07) is 6.50. The van der Waals surface area contributed by atoms with Crippen molar-refractivity contribution in [3.05, 3.63) is 63.8 Å². The van der Waals surface area contributed by atoms with Gasteiger partial charge in [0, 0.05) is 29.4 Å². The molecule has 2 atom stereocenters. The number of aryl methyl sites for hydroxylation is 1. The lowest BCUT2D eigenvalue weighted by Gasteiger charge is -2.18. The number of nitrogens with zero attached hydrogens (tertiary/aromatic N) is 2. The van der Waals surface area contributed by atoms with Gasteiger partial charge in [-0.25, -0.2) is 4.98 Å². The molecular weight excluding hydrogens is 436 g/mol. The Hall–Kier alpha value is -3.14. The van der Waals surface area contributed by atoms with Crippen LogP contribution in [-0.4, -0.2) is 49.5 Å². The van der Waals surface area contributed by atoms with Gasteiger partial charge >= 0.3 is 5.97 Å². The number of halogens is 1. The van der Waals surface area contributed by atoms with Crippen molar-refractivity contribution in [2.45, 2.75) is 39.1 Å². The van der Waals surface area contributed by atoms with E-state index in [0.717, 1.165) is 33.6 Å². The summed E-state index contributed by atoms with van der Waals surface area (Å²) in [7, 11) is 0. The van der Waals surface area contributed by atoms with E-state index in [1.165, 1.54) is 6.92 Å². The number of carboxylic acids is 1. The van der Waals surface area contributed by atoms with E-state index in [0.29, 0.717) is 18.7 Å². The third-order valence-corrected chi connectivity index (χ3v) is 5.31. The van der Waals surface area contributed by atoms with Gasteiger partial charge in [-0.15, -0.1) is 12.4 Å². The molecule has 0 saturated carbocycles. The van der Waals surface area contributed by atoms with Crippen molar-refractivity contribution < 1.29 is 19.7 Å². The molecule has 1 aliphatic heterocycles. The molecule has 0 aliphatic carbocycles. The number of pyridine rings is 1. The van der Waals surface area contributed by atoms with Crippen LogP contribution >= 0.6 is 12.4 Å². The first-order chi connectivity index (χ1) is 14.8. The zero-order valence-electron chi connectivity index (χ0n) is 17.7.